The zero-order valence-corrected chi connectivity index (χ0v) is 53.7. The number of rotatable bonds is 67. The van der Waals surface area contributed by atoms with E-state index in [1.807, 2.05) is 0 Å². The van der Waals surface area contributed by atoms with Crippen molar-refractivity contribution in [1.29, 1.82) is 0 Å². The molecule has 0 fully saturated rings. The smallest absolute Gasteiger partial charge is 0.306 e. The van der Waals surface area contributed by atoms with Crippen molar-refractivity contribution in [2.45, 2.75) is 412 Å². The lowest BCUT2D eigenvalue weighted by molar-refractivity contribution is -0.167. The first-order chi connectivity index (χ1) is 39.0. The minimum atomic E-state index is -0.766. The predicted octanol–water partition coefficient (Wildman–Crippen LogP) is 24.6. The summed E-state index contributed by atoms with van der Waals surface area (Å²) in [4.78, 5) is 38.1. The van der Waals surface area contributed by atoms with Crippen LogP contribution < -0.4 is 0 Å². The van der Waals surface area contributed by atoms with Crippen LogP contribution >= 0.6 is 0 Å². The third-order valence-corrected chi connectivity index (χ3v) is 16.5. The molecule has 0 N–H and O–H groups in total. The van der Waals surface area contributed by atoms with Gasteiger partial charge in [-0.15, -0.1) is 0 Å². The number of allylic oxidation sites excluding steroid dienone is 4. The summed E-state index contributed by atoms with van der Waals surface area (Å²) in [6.07, 6.45) is 84.1. The molecule has 0 rings (SSSR count). The first kappa shape index (κ1) is 76.9. The van der Waals surface area contributed by atoms with Gasteiger partial charge in [0.25, 0.3) is 0 Å². The van der Waals surface area contributed by atoms with E-state index in [4.69, 9.17) is 14.2 Å². The van der Waals surface area contributed by atoms with Gasteiger partial charge in [-0.25, -0.2) is 0 Å². The fraction of sp³-hybridized carbons (Fsp3) is 0.904. The van der Waals surface area contributed by atoms with Gasteiger partial charge < -0.3 is 14.2 Å². The normalized spacial score (nSPS) is 12.1. The van der Waals surface area contributed by atoms with Gasteiger partial charge in [-0.05, 0) is 51.4 Å². The Morgan fingerprint density at radius 1 is 0.253 bits per heavy atom. The number of carbonyl (C=O) groups is 3. The van der Waals surface area contributed by atoms with Crippen molar-refractivity contribution in [3.05, 3.63) is 24.3 Å². The largest absolute Gasteiger partial charge is 0.462 e. The van der Waals surface area contributed by atoms with E-state index in [-0.39, 0.29) is 31.1 Å². The van der Waals surface area contributed by atoms with Crippen LogP contribution in [0.5, 0.6) is 0 Å². The Bertz CT molecular complexity index is 1270. The van der Waals surface area contributed by atoms with Crippen LogP contribution in [0, 0.1) is 0 Å². The van der Waals surface area contributed by atoms with Gasteiger partial charge in [-0.1, -0.05) is 360 Å². The van der Waals surface area contributed by atoms with Crippen molar-refractivity contribution in [2.75, 3.05) is 13.2 Å². The standard InChI is InChI=1S/C73H138O6/c1-4-7-10-13-16-18-20-22-24-26-28-30-32-34-35-36-37-38-40-41-43-45-47-49-51-53-55-57-60-63-66-72(75)78-69-70(68-77-71(74)65-62-59-15-12-9-6-3)79-73(76)67-64-61-58-56-54-52-50-48-46-44-42-39-33-31-29-27-25-23-21-19-17-14-11-8-5-2/h21,23,27,29,70H,4-20,22,24-26,28,30-69H2,1-3H3/b23-21-,29-27-. The quantitative estimate of drug-likeness (QED) is 0.0261. The van der Waals surface area contributed by atoms with E-state index in [1.54, 1.807) is 0 Å². The molecule has 1 atom stereocenters. The molecule has 466 valence electrons. The predicted molar refractivity (Wildman–Crippen MR) is 344 cm³/mol. The fourth-order valence-electron chi connectivity index (χ4n) is 11.1. The second-order valence-corrected chi connectivity index (χ2v) is 24.5. The summed E-state index contributed by atoms with van der Waals surface area (Å²) in [6.45, 7) is 6.65. The number of carbonyl (C=O) groups excluding carboxylic acids is 3. The number of unbranched alkanes of at least 4 members (excludes halogenated alkanes) is 52. The topological polar surface area (TPSA) is 78.9 Å². The maximum absolute atomic E-state index is 12.9. The number of esters is 3. The molecule has 0 aliphatic heterocycles. The maximum Gasteiger partial charge on any atom is 0.306 e. The van der Waals surface area contributed by atoms with E-state index < -0.39 is 6.10 Å². The highest BCUT2D eigenvalue weighted by Crippen LogP contribution is 2.19. The summed E-state index contributed by atoms with van der Waals surface area (Å²) in [6, 6.07) is 0. The van der Waals surface area contributed by atoms with Crippen LogP contribution in [0.25, 0.3) is 0 Å². The second-order valence-electron chi connectivity index (χ2n) is 24.5. The summed E-state index contributed by atoms with van der Waals surface area (Å²) in [5.41, 5.74) is 0. The molecule has 0 saturated carbocycles. The lowest BCUT2D eigenvalue weighted by Gasteiger charge is -2.18. The molecule has 0 aliphatic carbocycles. The van der Waals surface area contributed by atoms with E-state index >= 15 is 0 Å². The van der Waals surface area contributed by atoms with Gasteiger partial charge in [-0.3, -0.25) is 14.4 Å². The minimum Gasteiger partial charge on any atom is -0.462 e. The highest BCUT2D eigenvalue weighted by atomic mass is 16.6. The van der Waals surface area contributed by atoms with Crippen LogP contribution in [0.1, 0.15) is 406 Å². The van der Waals surface area contributed by atoms with Crippen LogP contribution in [0.3, 0.4) is 0 Å². The van der Waals surface area contributed by atoms with Crippen LogP contribution in [0.4, 0.5) is 0 Å². The molecule has 0 heterocycles. The molecule has 79 heavy (non-hydrogen) atoms. The Balaban J connectivity index is 3.95. The Labute approximate surface area is 493 Å². The Kier molecular flexibility index (Phi) is 66.6. The molecular formula is C73H138O6. The number of hydrogen-bond donors (Lipinski definition) is 0. The second kappa shape index (κ2) is 68.4. The van der Waals surface area contributed by atoms with Crippen LogP contribution in [0.2, 0.25) is 0 Å². The molecule has 0 saturated heterocycles. The Hall–Kier alpha value is -2.11. The maximum atomic E-state index is 12.9. The van der Waals surface area contributed by atoms with E-state index in [1.165, 1.54) is 302 Å². The first-order valence-electron chi connectivity index (χ1n) is 35.8. The van der Waals surface area contributed by atoms with E-state index in [0.717, 1.165) is 64.2 Å². The van der Waals surface area contributed by atoms with E-state index in [2.05, 4.69) is 45.1 Å². The molecule has 0 aromatic carbocycles. The van der Waals surface area contributed by atoms with Gasteiger partial charge >= 0.3 is 17.9 Å². The monoisotopic (exact) mass is 1110 g/mol. The third kappa shape index (κ3) is 66.6. The van der Waals surface area contributed by atoms with Crippen LogP contribution in [-0.2, 0) is 28.6 Å². The molecule has 6 nitrogen and oxygen atoms in total. The lowest BCUT2D eigenvalue weighted by Crippen LogP contribution is -2.30. The van der Waals surface area contributed by atoms with Crippen LogP contribution in [0.15, 0.2) is 24.3 Å². The summed E-state index contributed by atoms with van der Waals surface area (Å²) >= 11 is 0. The fourth-order valence-corrected chi connectivity index (χ4v) is 11.1. The number of hydrogen-bond acceptors (Lipinski definition) is 6. The molecule has 0 aromatic heterocycles. The molecule has 0 aliphatic rings. The Morgan fingerprint density at radius 2 is 0.456 bits per heavy atom. The lowest BCUT2D eigenvalue weighted by atomic mass is 10.0. The summed E-state index contributed by atoms with van der Waals surface area (Å²) in [7, 11) is 0. The van der Waals surface area contributed by atoms with Crippen molar-refractivity contribution in [3.63, 3.8) is 0 Å². The SMILES string of the molecule is CCCCCCC/C=C\C/C=C\CCCCCCCCCCCCCCCC(=O)OC(COC(=O)CCCCCCCC)COC(=O)CCCCCCCCCCCCCCCCCCCCCCCCCCCCCCCC. The highest BCUT2D eigenvalue weighted by molar-refractivity contribution is 5.71. The van der Waals surface area contributed by atoms with Gasteiger partial charge in [0.05, 0.1) is 0 Å². The zero-order valence-electron chi connectivity index (χ0n) is 53.7. The number of ether oxygens (including phenoxy) is 3. The Morgan fingerprint density at radius 3 is 0.696 bits per heavy atom. The molecule has 0 radical (unpaired) electrons. The minimum absolute atomic E-state index is 0.0658. The summed E-state index contributed by atoms with van der Waals surface area (Å²) in [5.74, 6) is -0.849. The molecule has 6 heteroatoms. The zero-order chi connectivity index (χ0) is 57.1. The van der Waals surface area contributed by atoms with Crippen molar-refractivity contribution >= 4 is 17.9 Å². The van der Waals surface area contributed by atoms with Gasteiger partial charge in [0.15, 0.2) is 6.10 Å². The van der Waals surface area contributed by atoms with E-state index in [0.29, 0.717) is 19.3 Å². The molecule has 0 bridgehead atoms. The van der Waals surface area contributed by atoms with Gasteiger partial charge in [0, 0.05) is 19.3 Å². The summed E-state index contributed by atoms with van der Waals surface area (Å²) in [5, 5.41) is 0. The van der Waals surface area contributed by atoms with Crippen molar-refractivity contribution < 1.29 is 28.6 Å². The summed E-state index contributed by atoms with van der Waals surface area (Å²) < 4.78 is 16.9. The van der Waals surface area contributed by atoms with Crippen LogP contribution in [-0.4, -0.2) is 37.2 Å². The average molecular weight is 1110 g/mol. The van der Waals surface area contributed by atoms with Crippen molar-refractivity contribution in [3.8, 4) is 0 Å². The molecule has 0 aromatic rings. The molecule has 0 amide bonds. The van der Waals surface area contributed by atoms with Gasteiger partial charge in [0.2, 0.25) is 0 Å². The molecule has 1 unspecified atom stereocenters. The first-order valence-corrected chi connectivity index (χ1v) is 35.8. The third-order valence-electron chi connectivity index (χ3n) is 16.5. The van der Waals surface area contributed by atoms with Crippen molar-refractivity contribution in [2.24, 2.45) is 0 Å². The molecule has 0 spiro atoms. The van der Waals surface area contributed by atoms with Crippen molar-refractivity contribution in [1.82, 2.24) is 0 Å². The van der Waals surface area contributed by atoms with Gasteiger partial charge in [-0.2, -0.15) is 0 Å². The molecular weight excluding hydrogens is 973 g/mol. The van der Waals surface area contributed by atoms with Gasteiger partial charge in [0.1, 0.15) is 13.2 Å². The average Bonchev–Trinajstić information content (AvgIpc) is 3.45. The highest BCUT2D eigenvalue weighted by Gasteiger charge is 2.19. The van der Waals surface area contributed by atoms with E-state index in [9.17, 15) is 14.4 Å².